The van der Waals surface area contributed by atoms with Crippen molar-refractivity contribution in [2.75, 3.05) is 38.3 Å². The lowest BCUT2D eigenvalue weighted by Crippen LogP contribution is -2.39. The average molecular weight is 277 g/mol. The second-order valence-corrected chi connectivity index (χ2v) is 5.54. The molecule has 0 atom stereocenters. The molecule has 106 valence electrons. The molecule has 0 aromatic heterocycles. The van der Waals surface area contributed by atoms with Gasteiger partial charge in [0.2, 0.25) is 5.91 Å². The van der Waals surface area contributed by atoms with Crippen LogP contribution in [-0.2, 0) is 14.3 Å². The summed E-state index contributed by atoms with van der Waals surface area (Å²) >= 11 is 1.55. The number of methoxy groups -OCH3 is 1. The summed E-state index contributed by atoms with van der Waals surface area (Å²) in [6.45, 7) is 4.70. The number of nitrogens with zero attached hydrogens (tertiary/aromatic N) is 1. The highest BCUT2D eigenvalue weighted by Crippen LogP contribution is 2.09. The summed E-state index contributed by atoms with van der Waals surface area (Å²) in [7, 11) is 1.53. The van der Waals surface area contributed by atoms with Crippen molar-refractivity contribution in [3.05, 3.63) is 0 Å². The summed E-state index contributed by atoms with van der Waals surface area (Å²) in [6, 6.07) is 0. The summed E-state index contributed by atoms with van der Waals surface area (Å²) in [6.07, 6.45) is 1.06. The number of hydrogen-bond acceptors (Lipinski definition) is 4. The van der Waals surface area contributed by atoms with E-state index in [0.717, 1.165) is 12.2 Å². The van der Waals surface area contributed by atoms with E-state index in [2.05, 4.69) is 13.8 Å². The third-order valence-corrected chi connectivity index (χ3v) is 3.28. The Kier molecular flexibility index (Phi) is 9.77. The summed E-state index contributed by atoms with van der Waals surface area (Å²) < 4.78 is 4.87. The number of carbonyl (C=O) groups excluding carboxylic acids is 1. The monoisotopic (exact) mass is 277 g/mol. The van der Waals surface area contributed by atoms with Crippen molar-refractivity contribution in [1.29, 1.82) is 0 Å². The molecule has 0 aromatic rings. The number of aliphatic carboxylic acids is 1. The maximum Gasteiger partial charge on any atom is 0.323 e. The summed E-state index contributed by atoms with van der Waals surface area (Å²) in [5.74, 6) is 0.754. The molecular weight excluding hydrogens is 254 g/mol. The maximum absolute atomic E-state index is 11.8. The van der Waals surface area contributed by atoms with Gasteiger partial charge in [0.25, 0.3) is 0 Å². The molecule has 0 saturated heterocycles. The molecular formula is C12H23NO4S. The quantitative estimate of drug-likeness (QED) is 0.610. The van der Waals surface area contributed by atoms with Gasteiger partial charge in [0.15, 0.2) is 0 Å². The Labute approximate surface area is 113 Å². The normalized spacial score (nSPS) is 10.7. The number of carboxylic acids is 1. The summed E-state index contributed by atoms with van der Waals surface area (Å²) in [5, 5.41) is 8.73. The van der Waals surface area contributed by atoms with E-state index in [4.69, 9.17) is 9.84 Å². The fraction of sp³-hybridized carbons (Fsp3) is 0.833. The van der Waals surface area contributed by atoms with E-state index >= 15 is 0 Å². The van der Waals surface area contributed by atoms with Crippen LogP contribution in [0.2, 0.25) is 0 Å². The van der Waals surface area contributed by atoms with Crippen molar-refractivity contribution < 1.29 is 19.4 Å². The molecule has 0 aromatic carbocycles. The van der Waals surface area contributed by atoms with Gasteiger partial charge in [-0.3, -0.25) is 9.59 Å². The zero-order valence-electron chi connectivity index (χ0n) is 11.3. The molecule has 6 heteroatoms. The van der Waals surface area contributed by atoms with Crippen LogP contribution in [0.25, 0.3) is 0 Å². The van der Waals surface area contributed by atoms with Crippen LogP contribution in [0.1, 0.15) is 20.3 Å². The first-order chi connectivity index (χ1) is 8.47. The zero-order valence-corrected chi connectivity index (χ0v) is 12.2. The van der Waals surface area contributed by atoms with E-state index in [0.29, 0.717) is 24.8 Å². The van der Waals surface area contributed by atoms with Crippen LogP contribution in [0.3, 0.4) is 0 Å². The second kappa shape index (κ2) is 10.2. The minimum atomic E-state index is -0.994. The van der Waals surface area contributed by atoms with Gasteiger partial charge in [-0.15, -0.1) is 0 Å². The number of rotatable bonds is 10. The van der Waals surface area contributed by atoms with Gasteiger partial charge in [-0.1, -0.05) is 13.8 Å². The third kappa shape index (κ3) is 9.30. The van der Waals surface area contributed by atoms with Crippen LogP contribution in [0.15, 0.2) is 0 Å². The first kappa shape index (κ1) is 17.2. The lowest BCUT2D eigenvalue weighted by atomic mass is 10.2. The lowest BCUT2D eigenvalue weighted by Gasteiger charge is -2.20. The standard InChI is InChI=1S/C12H23NO4S/c1-10(2)4-7-18-9-11(14)13(5-6-17-3)8-12(15)16/h10H,4-9H2,1-3H3,(H,15,16). The smallest absolute Gasteiger partial charge is 0.323 e. The van der Waals surface area contributed by atoms with Crippen LogP contribution in [0.4, 0.5) is 0 Å². The molecule has 0 bridgehead atoms. The molecule has 0 aliphatic rings. The number of amides is 1. The second-order valence-electron chi connectivity index (χ2n) is 4.44. The fourth-order valence-corrected chi connectivity index (χ4v) is 2.37. The third-order valence-electron chi connectivity index (χ3n) is 2.31. The average Bonchev–Trinajstić information content (AvgIpc) is 2.29. The molecule has 5 nitrogen and oxygen atoms in total. The number of carboxylic acid groups (broad SMARTS) is 1. The van der Waals surface area contributed by atoms with Gasteiger partial charge in [0.1, 0.15) is 6.54 Å². The largest absolute Gasteiger partial charge is 0.480 e. The van der Waals surface area contributed by atoms with Crippen molar-refractivity contribution in [2.45, 2.75) is 20.3 Å². The van der Waals surface area contributed by atoms with Crippen molar-refractivity contribution in [2.24, 2.45) is 5.92 Å². The molecule has 0 rings (SSSR count). The molecule has 18 heavy (non-hydrogen) atoms. The van der Waals surface area contributed by atoms with Crippen LogP contribution in [-0.4, -0.2) is 60.2 Å². The van der Waals surface area contributed by atoms with E-state index in [-0.39, 0.29) is 12.5 Å². The Balaban J connectivity index is 3.99. The highest BCUT2D eigenvalue weighted by molar-refractivity contribution is 7.99. The zero-order chi connectivity index (χ0) is 14.0. The molecule has 1 N–H and O–H groups in total. The molecule has 0 heterocycles. The number of hydrogen-bond donors (Lipinski definition) is 1. The number of ether oxygens (including phenoxy) is 1. The number of carbonyl (C=O) groups is 2. The Bertz CT molecular complexity index is 258. The summed E-state index contributed by atoms with van der Waals surface area (Å²) in [5.41, 5.74) is 0. The van der Waals surface area contributed by atoms with Crippen LogP contribution in [0.5, 0.6) is 0 Å². The molecule has 0 fully saturated rings. The van der Waals surface area contributed by atoms with E-state index in [1.807, 2.05) is 0 Å². The fourth-order valence-electron chi connectivity index (χ4n) is 1.23. The van der Waals surface area contributed by atoms with E-state index in [1.165, 1.54) is 12.0 Å². The molecule has 0 unspecified atom stereocenters. The Morgan fingerprint density at radius 2 is 2.06 bits per heavy atom. The van der Waals surface area contributed by atoms with E-state index in [9.17, 15) is 9.59 Å². The topological polar surface area (TPSA) is 66.8 Å². The van der Waals surface area contributed by atoms with Crippen molar-refractivity contribution >= 4 is 23.6 Å². The summed E-state index contributed by atoms with van der Waals surface area (Å²) in [4.78, 5) is 23.8. The Hall–Kier alpha value is -0.750. The van der Waals surface area contributed by atoms with Crippen LogP contribution < -0.4 is 0 Å². The first-order valence-corrected chi connectivity index (χ1v) is 7.19. The van der Waals surface area contributed by atoms with Gasteiger partial charge in [0, 0.05) is 13.7 Å². The SMILES string of the molecule is COCCN(CC(=O)O)C(=O)CSCCC(C)C. The maximum atomic E-state index is 11.8. The van der Waals surface area contributed by atoms with Crippen LogP contribution in [0, 0.1) is 5.92 Å². The lowest BCUT2D eigenvalue weighted by molar-refractivity contribution is -0.143. The Morgan fingerprint density at radius 3 is 2.56 bits per heavy atom. The molecule has 0 spiro atoms. The molecule has 0 radical (unpaired) electrons. The molecule has 1 amide bonds. The van der Waals surface area contributed by atoms with Gasteiger partial charge in [-0.25, -0.2) is 0 Å². The first-order valence-electron chi connectivity index (χ1n) is 6.03. The van der Waals surface area contributed by atoms with Gasteiger partial charge in [-0.2, -0.15) is 11.8 Å². The number of thioether (sulfide) groups is 1. The van der Waals surface area contributed by atoms with Crippen molar-refractivity contribution in [1.82, 2.24) is 4.90 Å². The predicted molar refractivity (Wildman–Crippen MR) is 72.9 cm³/mol. The minimum Gasteiger partial charge on any atom is -0.480 e. The molecule has 0 saturated carbocycles. The van der Waals surface area contributed by atoms with Crippen molar-refractivity contribution in [3.63, 3.8) is 0 Å². The predicted octanol–water partition coefficient (Wildman–Crippen LogP) is 1.33. The van der Waals surface area contributed by atoms with E-state index < -0.39 is 5.97 Å². The molecule has 0 aliphatic carbocycles. The Morgan fingerprint density at radius 1 is 1.39 bits per heavy atom. The van der Waals surface area contributed by atoms with Gasteiger partial charge in [0.05, 0.1) is 12.4 Å². The van der Waals surface area contributed by atoms with Gasteiger partial charge in [-0.05, 0) is 18.1 Å². The minimum absolute atomic E-state index is 0.136. The van der Waals surface area contributed by atoms with Crippen molar-refractivity contribution in [3.8, 4) is 0 Å². The van der Waals surface area contributed by atoms with Gasteiger partial charge >= 0.3 is 5.97 Å². The highest BCUT2D eigenvalue weighted by atomic mass is 32.2. The van der Waals surface area contributed by atoms with E-state index in [1.54, 1.807) is 11.8 Å². The van der Waals surface area contributed by atoms with Gasteiger partial charge < -0.3 is 14.7 Å². The van der Waals surface area contributed by atoms with Crippen LogP contribution >= 0.6 is 11.8 Å². The molecule has 0 aliphatic heterocycles. The highest BCUT2D eigenvalue weighted by Gasteiger charge is 2.16.